The molecule has 1 amide bonds. The van der Waals surface area contributed by atoms with Crippen molar-refractivity contribution >= 4 is 39.4 Å². The summed E-state index contributed by atoms with van der Waals surface area (Å²) in [7, 11) is -2.41. The minimum Gasteiger partial charge on any atom is -0.453 e. The van der Waals surface area contributed by atoms with Crippen LogP contribution in [0.2, 0.25) is 5.02 Å². The molecule has 3 aromatic rings. The van der Waals surface area contributed by atoms with Crippen molar-refractivity contribution in [2.75, 3.05) is 29.9 Å². The highest BCUT2D eigenvalue weighted by atomic mass is 35.5. The summed E-state index contributed by atoms with van der Waals surface area (Å²) < 4.78 is 46.6. The van der Waals surface area contributed by atoms with E-state index in [4.69, 9.17) is 16.6 Å². The normalized spacial score (nSPS) is 14.2. The average Bonchev–Trinajstić information content (AvgIpc) is 3.57. The number of rotatable bonds is 9. The Morgan fingerprint density at radius 2 is 2.08 bits per heavy atom. The molecule has 36 heavy (non-hydrogen) atoms. The number of ether oxygens (including phenoxy) is 1. The number of alkyl carbamates (subject to hydrolysis) is 1. The molecule has 1 fully saturated rings. The van der Waals surface area contributed by atoms with Crippen molar-refractivity contribution in [3.63, 3.8) is 0 Å². The third-order valence-corrected chi connectivity index (χ3v) is 6.30. The minimum atomic E-state index is -3.70. The van der Waals surface area contributed by atoms with Crippen LogP contribution in [-0.4, -0.2) is 60.0 Å². The fourth-order valence-corrected chi connectivity index (χ4v) is 4.35. The first-order valence-corrected chi connectivity index (χ1v) is 13.3. The molecule has 0 radical (unpaired) electrons. The van der Waals surface area contributed by atoms with E-state index in [0.717, 1.165) is 30.9 Å². The number of carbonyl (C=O) groups excluding carboxylic acids is 1. The molecule has 1 atom stereocenters. The Morgan fingerprint density at radius 3 is 2.75 bits per heavy atom. The fraction of sp³-hybridized carbons (Fsp3) is 0.364. The molecule has 14 heteroatoms. The number of amides is 1. The van der Waals surface area contributed by atoms with E-state index in [1.807, 2.05) is 6.20 Å². The van der Waals surface area contributed by atoms with Crippen LogP contribution in [-0.2, 0) is 14.8 Å². The summed E-state index contributed by atoms with van der Waals surface area (Å²) in [5, 5.41) is 5.70. The Kier molecular flexibility index (Phi) is 7.31. The van der Waals surface area contributed by atoms with Gasteiger partial charge in [-0.25, -0.2) is 27.6 Å². The molecule has 1 saturated carbocycles. The van der Waals surface area contributed by atoms with Crippen LogP contribution in [0.3, 0.4) is 0 Å². The van der Waals surface area contributed by atoms with Gasteiger partial charge in [0.15, 0.2) is 0 Å². The summed E-state index contributed by atoms with van der Waals surface area (Å²) in [5.41, 5.74) is 0.916. The lowest BCUT2D eigenvalue weighted by molar-refractivity contribution is 0.168. The predicted octanol–water partition coefficient (Wildman–Crippen LogP) is 3.53. The number of imidazole rings is 1. The van der Waals surface area contributed by atoms with Crippen molar-refractivity contribution in [2.24, 2.45) is 0 Å². The number of anilines is 2. The molecular weight excluding hydrogens is 513 g/mol. The van der Waals surface area contributed by atoms with Crippen LogP contribution < -0.4 is 15.4 Å². The second kappa shape index (κ2) is 10.3. The highest BCUT2D eigenvalue weighted by Gasteiger charge is 2.29. The molecule has 11 nitrogen and oxygen atoms in total. The third kappa shape index (κ3) is 6.21. The number of sulfonamides is 1. The monoisotopic (exact) mass is 537 g/mol. The number of hydrogen-bond donors (Lipinski definition) is 3. The number of halogens is 2. The van der Waals surface area contributed by atoms with Gasteiger partial charge < -0.3 is 15.4 Å². The van der Waals surface area contributed by atoms with Gasteiger partial charge in [0, 0.05) is 36.5 Å². The summed E-state index contributed by atoms with van der Waals surface area (Å²) in [6.07, 6.45) is 5.73. The van der Waals surface area contributed by atoms with E-state index in [2.05, 4.69) is 30.1 Å². The van der Waals surface area contributed by atoms with Crippen LogP contribution in [0.25, 0.3) is 17.2 Å². The molecule has 2 heterocycles. The average molecular weight is 538 g/mol. The summed E-state index contributed by atoms with van der Waals surface area (Å²) in [6.45, 7) is 2.12. The topological polar surface area (TPSA) is 140 Å². The SMILES string of the molecule is COC(=O)N[C@@H](C)CNc1nccc(-n2cc(C3CC3)nc2-c2cc(F)cc(NS(C)(=O)=O)c2Cl)n1. The van der Waals surface area contributed by atoms with Gasteiger partial charge in [-0.15, -0.1) is 0 Å². The maximum absolute atomic E-state index is 14.5. The van der Waals surface area contributed by atoms with E-state index in [1.165, 1.54) is 13.2 Å². The summed E-state index contributed by atoms with van der Waals surface area (Å²) in [6, 6.07) is 3.61. The molecule has 0 unspecified atom stereocenters. The standard InChI is InChI=1S/C22H25ClFN7O4S/c1-12(27-22(32)35-2)10-26-21-25-7-6-18(29-21)31-11-17(13-4-5-13)28-20(31)15-8-14(24)9-16(19(15)23)30-36(3,33)34/h6-9,11-13,30H,4-5,10H2,1-3H3,(H,27,32)(H,25,26,29)/t12-/m0/s1. The first-order chi connectivity index (χ1) is 17.0. The molecule has 0 bridgehead atoms. The van der Waals surface area contributed by atoms with Crippen molar-refractivity contribution in [3.05, 3.63) is 47.1 Å². The van der Waals surface area contributed by atoms with Gasteiger partial charge in [0.05, 0.1) is 29.8 Å². The van der Waals surface area contributed by atoms with Crippen LogP contribution in [0.1, 0.15) is 31.4 Å². The van der Waals surface area contributed by atoms with E-state index in [1.54, 1.807) is 23.8 Å². The van der Waals surface area contributed by atoms with Crippen LogP contribution in [0.15, 0.2) is 30.6 Å². The Morgan fingerprint density at radius 1 is 1.33 bits per heavy atom. The van der Waals surface area contributed by atoms with Gasteiger partial charge in [0.1, 0.15) is 17.5 Å². The van der Waals surface area contributed by atoms with Gasteiger partial charge in [-0.05, 0) is 38.0 Å². The first-order valence-electron chi connectivity index (χ1n) is 11.0. The number of carbonyl (C=O) groups is 1. The van der Waals surface area contributed by atoms with Crippen molar-refractivity contribution < 1.29 is 22.3 Å². The molecule has 3 N–H and O–H groups in total. The number of aromatic nitrogens is 4. The zero-order valence-corrected chi connectivity index (χ0v) is 21.3. The highest BCUT2D eigenvalue weighted by molar-refractivity contribution is 7.92. The Bertz CT molecular complexity index is 1400. The number of hydrogen-bond acceptors (Lipinski definition) is 8. The van der Waals surface area contributed by atoms with Crippen molar-refractivity contribution in [1.82, 2.24) is 24.8 Å². The van der Waals surface area contributed by atoms with Crippen molar-refractivity contribution in [3.8, 4) is 17.2 Å². The zero-order valence-electron chi connectivity index (χ0n) is 19.7. The molecule has 1 aromatic carbocycles. The Balaban J connectivity index is 1.70. The third-order valence-electron chi connectivity index (χ3n) is 5.30. The molecule has 0 saturated heterocycles. The van der Waals surface area contributed by atoms with Gasteiger partial charge in [-0.2, -0.15) is 4.98 Å². The maximum Gasteiger partial charge on any atom is 0.407 e. The van der Waals surface area contributed by atoms with Gasteiger partial charge in [-0.1, -0.05) is 11.6 Å². The lowest BCUT2D eigenvalue weighted by Gasteiger charge is -2.15. The second-order valence-electron chi connectivity index (χ2n) is 8.48. The van der Waals surface area contributed by atoms with E-state index in [-0.39, 0.29) is 28.2 Å². The van der Waals surface area contributed by atoms with Gasteiger partial charge in [-0.3, -0.25) is 9.29 Å². The zero-order chi connectivity index (χ0) is 26.0. The smallest absolute Gasteiger partial charge is 0.407 e. The van der Waals surface area contributed by atoms with Gasteiger partial charge in [0.2, 0.25) is 16.0 Å². The number of nitrogens with zero attached hydrogens (tertiary/aromatic N) is 4. The lowest BCUT2D eigenvalue weighted by atomic mass is 10.1. The largest absolute Gasteiger partial charge is 0.453 e. The highest BCUT2D eigenvalue weighted by Crippen LogP contribution is 2.42. The van der Waals surface area contributed by atoms with Crippen molar-refractivity contribution in [2.45, 2.75) is 31.7 Å². The van der Waals surface area contributed by atoms with Crippen LogP contribution in [0.5, 0.6) is 0 Å². The minimum absolute atomic E-state index is 0.00568. The molecule has 2 aromatic heterocycles. The molecule has 1 aliphatic rings. The Labute approximate surface area is 212 Å². The molecular formula is C22H25ClFN7O4S. The van der Waals surface area contributed by atoms with Crippen LogP contribution in [0.4, 0.5) is 20.8 Å². The predicted molar refractivity (Wildman–Crippen MR) is 133 cm³/mol. The molecule has 1 aliphatic carbocycles. The second-order valence-corrected chi connectivity index (χ2v) is 10.6. The fourth-order valence-electron chi connectivity index (χ4n) is 3.49. The number of benzene rings is 1. The molecule has 4 rings (SSSR count). The molecule has 0 spiro atoms. The van der Waals surface area contributed by atoms with Gasteiger partial charge >= 0.3 is 6.09 Å². The quantitative estimate of drug-likeness (QED) is 0.376. The van der Waals surface area contributed by atoms with E-state index >= 15 is 0 Å². The van der Waals surface area contributed by atoms with E-state index in [9.17, 15) is 17.6 Å². The van der Waals surface area contributed by atoms with E-state index in [0.29, 0.717) is 24.1 Å². The van der Waals surface area contributed by atoms with Crippen molar-refractivity contribution in [1.29, 1.82) is 0 Å². The van der Waals surface area contributed by atoms with Crippen LogP contribution in [0, 0.1) is 5.82 Å². The van der Waals surface area contributed by atoms with E-state index < -0.39 is 21.9 Å². The Hall–Kier alpha value is -3.45. The molecule has 0 aliphatic heterocycles. The van der Waals surface area contributed by atoms with Gasteiger partial charge in [0.25, 0.3) is 0 Å². The number of methoxy groups -OCH3 is 1. The summed E-state index contributed by atoms with van der Waals surface area (Å²) >= 11 is 6.52. The summed E-state index contributed by atoms with van der Waals surface area (Å²) in [4.78, 5) is 24.8. The molecule has 192 valence electrons. The lowest BCUT2D eigenvalue weighted by Crippen LogP contribution is -2.37. The summed E-state index contributed by atoms with van der Waals surface area (Å²) in [5.74, 6) is 0.635. The maximum atomic E-state index is 14.5. The number of nitrogens with one attached hydrogen (secondary N) is 3. The van der Waals surface area contributed by atoms with Crippen LogP contribution >= 0.6 is 11.6 Å². The first kappa shape index (κ1) is 25.6.